The fourth-order valence-electron chi connectivity index (χ4n) is 5.05. The maximum absolute atomic E-state index is 4.57. The maximum Gasteiger partial charge on any atom is 0.141 e. The van der Waals surface area contributed by atoms with Crippen LogP contribution in [0.3, 0.4) is 0 Å². The summed E-state index contributed by atoms with van der Waals surface area (Å²) < 4.78 is 0. The minimum Gasteiger partial charge on any atom is -0.345 e. The number of aromatic amines is 1. The van der Waals surface area contributed by atoms with E-state index in [0.29, 0.717) is 12.1 Å². The molecule has 1 unspecified atom stereocenters. The summed E-state index contributed by atoms with van der Waals surface area (Å²) in [7, 11) is 0. The Labute approximate surface area is 229 Å². The number of allylic oxidation sites excluding steroid dienone is 1. The molecule has 2 aliphatic carbocycles. The SMILES string of the molecule is C=CCCCc1cnc(CNC2CCCc3cccnc32)[nH]1.CC.c1cnc(CNC2CCCCC2)nc1. The summed E-state index contributed by atoms with van der Waals surface area (Å²) in [6.07, 6.45) is 22.9. The van der Waals surface area contributed by atoms with E-state index in [4.69, 9.17) is 0 Å². The topological polar surface area (TPSA) is 91.4 Å². The van der Waals surface area contributed by atoms with Gasteiger partial charge in [0.15, 0.2) is 0 Å². The molecule has 0 bridgehead atoms. The highest BCUT2D eigenvalue weighted by Crippen LogP contribution is 2.27. The molecule has 3 aromatic heterocycles. The van der Waals surface area contributed by atoms with E-state index in [1.54, 1.807) is 12.4 Å². The first kappa shape index (κ1) is 29.7. The number of nitrogens with zero attached hydrogens (tertiary/aromatic N) is 4. The third kappa shape index (κ3) is 10.1. The number of H-pyrrole nitrogens is 1. The van der Waals surface area contributed by atoms with E-state index >= 15 is 0 Å². The molecule has 1 saturated carbocycles. The quantitative estimate of drug-likeness (QED) is 0.213. The lowest BCUT2D eigenvalue weighted by Crippen LogP contribution is -2.31. The van der Waals surface area contributed by atoms with Crippen LogP contribution in [0.4, 0.5) is 0 Å². The number of hydrogen-bond donors (Lipinski definition) is 3. The van der Waals surface area contributed by atoms with Crippen molar-refractivity contribution in [1.82, 2.24) is 35.6 Å². The van der Waals surface area contributed by atoms with Crippen molar-refractivity contribution in [2.45, 2.75) is 110 Å². The lowest BCUT2D eigenvalue weighted by Gasteiger charge is -2.24. The van der Waals surface area contributed by atoms with Gasteiger partial charge in [-0.3, -0.25) is 4.98 Å². The van der Waals surface area contributed by atoms with Crippen molar-refractivity contribution in [2.75, 3.05) is 0 Å². The van der Waals surface area contributed by atoms with Crippen LogP contribution in [0.2, 0.25) is 0 Å². The molecule has 3 heterocycles. The average Bonchev–Trinajstić information content (AvgIpc) is 3.45. The second kappa shape index (κ2) is 17.6. The Morgan fingerprint density at radius 3 is 2.50 bits per heavy atom. The number of nitrogens with one attached hydrogen (secondary N) is 3. The summed E-state index contributed by atoms with van der Waals surface area (Å²) in [6.45, 7) is 9.33. The van der Waals surface area contributed by atoms with Crippen LogP contribution in [-0.4, -0.2) is 31.0 Å². The first-order valence-corrected chi connectivity index (χ1v) is 14.6. The summed E-state index contributed by atoms with van der Waals surface area (Å²) in [6, 6.07) is 7.11. The van der Waals surface area contributed by atoms with E-state index < -0.39 is 0 Å². The number of pyridine rings is 1. The molecule has 0 radical (unpaired) electrons. The Balaban J connectivity index is 0.000000215. The van der Waals surface area contributed by atoms with Crippen molar-refractivity contribution >= 4 is 0 Å². The lowest BCUT2D eigenvalue weighted by molar-refractivity contribution is 0.369. The first-order valence-electron chi connectivity index (χ1n) is 14.6. The van der Waals surface area contributed by atoms with E-state index in [1.165, 1.54) is 55.5 Å². The predicted octanol–water partition coefficient (Wildman–Crippen LogP) is 6.41. The lowest BCUT2D eigenvalue weighted by atomic mass is 9.92. The normalized spacial score (nSPS) is 16.8. The Kier molecular flexibility index (Phi) is 13.7. The molecule has 206 valence electrons. The van der Waals surface area contributed by atoms with Crippen molar-refractivity contribution < 1.29 is 0 Å². The number of imidazole rings is 1. The van der Waals surface area contributed by atoms with E-state index in [0.717, 1.165) is 56.8 Å². The van der Waals surface area contributed by atoms with Crippen molar-refractivity contribution in [1.29, 1.82) is 0 Å². The molecule has 0 aliphatic heterocycles. The minimum atomic E-state index is 0.347. The summed E-state index contributed by atoms with van der Waals surface area (Å²) in [5.41, 5.74) is 3.81. The summed E-state index contributed by atoms with van der Waals surface area (Å²) in [5, 5.41) is 7.12. The van der Waals surface area contributed by atoms with E-state index in [2.05, 4.69) is 48.2 Å². The summed E-state index contributed by atoms with van der Waals surface area (Å²) in [4.78, 5) is 20.8. The molecule has 0 aromatic carbocycles. The smallest absolute Gasteiger partial charge is 0.141 e. The number of aryl methyl sites for hydroxylation is 2. The second-order valence-electron chi connectivity index (χ2n) is 9.79. The third-order valence-corrected chi connectivity index (χ3v) is 7.02. The molecule has 0 spiro atoms. The zero-order chi connectivity index (χ0) is 26.8. The van der Waals surface area contributed by atoms with Crippen LogP contribution in [0, 0.1) is 0 Å². The van der Waals surface area contributed by atoms with E-state index in [1.807, 2.05) is 44.4 Å². The van der Waals surface area contributed by atoms with Crippen LogP contribution in [0.1, 0.15) is 106 Å². The molecule has 3 aromatic rings. The van der Waals surface area contributed by atoms with Crippen LogP contribution in [0.25, 0.3) is 0 Å². The van der Waals surface area contributed by atoms with Crippen LogP contribution in [0.15, 0.2) is 55.6 Å². The monoisotopic (exact) mass is 517 g/mol. The molecule has 7 heteroatoms. The fraction of sp³-hybridized carbons (Fsp3) is 0.548. The Morgan fingerprint density at radius 1 is 0.921 bits per heavy atom. The van der Waals surface area contributed by atoms with Gasteiger partial charge in [0.25, 0.3) is 0 Å². The molecule has 3 N–H and O–H groups in total. The predicted molar refractivity (Wildman–Crippen MR) is 156 cm³/mol. The number of aromatic nitrogens is 5. The number of unbranched alkanes of at least 4 members (excludes halogenated alkanes) is 1. The van der Waals surface area contributed by atoms with Gasteiger partial charge in [-0.15, -0.1) is 6.58 Å². The largest absolute Gasteiger partial charge is 0.345 e. The number of hydrogen-bond acceptors (Lipinski definition) is 6. The van der Waals surface area contributed by atoms with Crippen LogP contribution in [-0.2, 0) is 25.9 Å². The van der Waals surface area contributed by atoms with Gasteiger partial charge in [0.2, 0.25) is 0 Å². The van der Waals surface area contributed by atoms with Crippen molar-refractivity contribution in [3.05, 3.63) is 84.2 Å². The molecule has 0 amide bonds. The van der Waals surface area contributed by atoms with Crippen molar-refractivity contribution in [3.8, 4) is 0 Å². The van der Waals surface area contributed by atoms with Crippen LogP contribution >= 0.6 is 0 Å². The van der Waals surface area contributed by atoms with Crippen molar-refractivity contribution in [3.63, 3.8) is 0 Å². The van der Waals surface area contributed by atoms with E-state index in [-0.39, 0.29) is 0 Å². The summed E-state index contributed by atoms with van der Waals surface area (Å²) in [5.74, 6) is 1.91. The second-order valence-corrected chi connectivity index (χ2v) is 9.79. The van der Waals surface area contributed by atoms with Crippen LogP contribution < -0.4 is 10.6 Å². The molecule has 1 atom stereocenters. The highest BCUT2D eigenvalue weighted by Gasteiger charge is 2.20. The van der Waals surface area contributed by atoms with Gasteiger partial charge in [-0.25, -0.2) is 15.0 Å². The van der Waals surface area contributed by atoms with Gasteiger partial charge < -0.3 is 15.6 Å². The first-order chi connectivity index (χ1) is 18.8. The third-order valence-electron chi connectivity index (χ3n) is 7.02. The molecule has 2 aliphatic rings. The van der Waals surface area contributed by atoms with Gasteiger partial charge >= 0.3 is 0 Å². The van der Waals surface area contributed by atoms with Crippen molar-refractivity contribution in [2.24, 2.45) is 0 Å². The molecule has 1 fully saturated rings. The number of rotatable bonds is 10. The maximum atomic E-state index is 4.57. The van der Waals surface area contributed by atoms with Crippen LogP contribution in [0.5, 0.6) is 0 Å². The number of fused-ring (bicyclic) bond motifs is 1. The van der Waals surface area contributed by atoms with Gasteiger partial charge in [-0.1, -0.05) is 45.3 Å². The molecule has 5 rings (SSSR count). The summed E-state index contributed by atoms with van der Waals surface area (Å²) >= 11 is 0. The Bertz CT molecular complexity index is 1030. The van der Waals surface area contributed by atoms with Gasteiger partial charge in [0.1, 0.15) is 11.6 Å². The highest BCUT2D eigenvalue weighted by atomic mass is 15.0. The highest BCUT2D eigenvalue weighted by molar-refractivity contribution is 5.25. The van der Waals surface area contributed by atoms with Gasteiger partial charge in [0.05, 0.1) is 24.8 Å². The molecular weight excluding hydrogens is 470 g/mol. The molecule has 7 nitrogen and oxygen atoms in total. The average molecular weight is 518 g/mol. The van der Waals surface area contributed by atoms with Gasteiger partial charge in [0, 0.05) is 36.5 Å². The zero-order valence-electron chi connectivity index (χ0n) is 23.5. The molecular formula is C31H47N7. The molecule has 0 saturated heterocycles. The molecule has 38 heavy (non-hydrogen) atoms. The minimum absolute atomic E-state index is 0.347. The standard InChI is InChI=1S/C18H24N4.C11H17N3.C2H6/c1-2-3-4-9-15-12-21-17(22-15)13-20-16-10-5-7-14-8-6-11-19-18(14)16;1-2-5-10(6-3-1)14-9-11-12-7-4-8-13-11;1-2/h2,6,8,11-12,16,20H,1,3-5,7,9-10,13H2,(H,21,22);4,7-8,10,14H,1-3,5-6,9H2;1-2H3. The van der Waals surface area contributed by atoms with Gasteiger partial charge in [-0.05, 0) is 69.1 Å². The van der Waals surface area contributed by atoms with Gasteiger partial charge in [-0.2, -0.15) is 0 Å². The fourth-order valence-corrected chi connectivity index (χ4v) is 5.05. The Hall–Kier alpha value is -2.90. The van der Waals surface area contributed by atoms with E-state index in [9.17, 15) is 0 Å². The zero-order valence-corrected chi connectivity index (χ0v) is 23.5. The Morgan fingerprint density at radius 2 is 1.71 bits per heavy atom.